The van der Waals surface area contributed by atoms with Crippen molar-refractivity contribution in [2.45, 2.75) is 57.8 Å². The number of benzene rings is 3. The molecule has 6 aromatic rings. The third-order valence-corrected chi connectivity index (χ3v) is 10.9. The lowest BCUT2D eigenvalue weighted by Gasteiger charge is -2.16. The first kappa shape index (κ1) is 36.1. The molecule has 0 bridgehead atoms. The fourth-order valence-corrected chi connectivity index (χ4v) is 7.55. The maximum atomic E-state index is 12.2. The molecule has 6 heterocycles. The number of carbonyl (C=O) groups excluding carboxylic acids is 3. The van der Waals surface area contributed by atoms with Gasteiger partial charge in [0.1, 0.15) is 12.0 Å². The van der Waals surface area contributed by atoms with Gasteiger partial charge >= 0.3 is 0 Å². The number of aromatic amines is 1. The Morgan fingerprint density at radius 3 is 1.52 bits per heavy atom. The topological polar surface area (TPSA) is 142 Å². The molecular formula is C42H43N7O5. The number of oxazole rings is 2. The zero-order valence-electron chi connectivity index (χ0n) is 31.9. The highest BCUT2D eigenvalue weighted by atomic mass is 16.3. The van der Waals surface area contributed by atoms with Gasteiger partial charge in [-0.3, -0.25) is 14.4 Å². The Kier molecular flexibility index (Phi) is 8.67. The van der Waals surface area contributed by atoms with Crippen LogP contribution in [0.5, 0.6) is 0 Å². The van der Waals surface area contributed by atoms with Crippen molar-refractivity contribution in [1.29, 1.82) is 0 Å². The van der Waals surface area contributed by atoms with Crippen LogP contribution in [0, 0.1) is 0 Å². The Hall–Kier alpha value is -6.30. The summed E-state index contributed by atoms with van der Waals surface area (Å²) in [6.07, 6.45) is 9.51. The molecule has 3 aliphatic rings. The first-order valence-electron chi connectivity index (χ1n) is 17.6. The normalized spacial score (nSPS) is 17.1. The summed E-state index contributed by atoms with van der Waals surface area (Å²) in [5.74, 6) is 1.09. The number of nitrogens with zero attached hydrogens (tertiary/aromatic N) is 6. The van der Waals surface area contributed by atoms with Crippen molar-refractivity contribution >= 4 is 34.8 Å². The van der Waals surface area contributed by atoms with E-state index in [2.05, 4.69) is 19.9 Å². The highest BCUT2D eigenvalue weighted by molar-refractivity contribution is 6.09. The standard InChI is InChI=1S/C14H15N3O.2C14H14N2O2/c1-14(2)10-5-4-9(11-7-15-8-16-11)6-12(10)17(3)13(14)18;1-14(2)10-5-4-9(11-7-18-8-15-11)6-12(10)16(3)13(14)17;1-14(2)10-5-4-9(12-7-15-8-18-12)6-11(10)16(3)13(14)17/h4-8H,1-3H3,(H,15,16);2*4-8H,1-3H3. The SMILES string of the molecule is CN1C(=O)C(C)(C)c2ccc(-c3cnc[nH]3)cc21.CN1C(=O)C(C)(C)c2ccc(-c3cnco3)cc21.CN1C(=O)C(C)(C)c2ccc(-c3cocn3)cc21. The summed E-state index contributed by atoms with van der Waals surface area (Å²) < 4.78 is 10.3. The van der Waals surface area contributed by atoms with Gasteiger partial charge in [-0.15, -0.1) is 0 Å². The summed E-state index contributed by atoms with van der Waals surface area (Å²) in [5, 5.41) is 0. The third kappa shape index (κ3) is 5.78. The molecule has 0 atom stereocenters. The van der Waals surface area contributed by atoms with Gasteiger partial charge in [0.2, 0.25) is 17.7 Å². The first-order valence-corrected chi connectivity index (χ1v) is 17.6. The van der Waals surface area contributed by atoms with Crippen molar-refractivity contribution < 1.29 is 23.2 Å². The van der Waals surface area contributed by atoms with Gasteiger partial charge in [0.05, 0.1) is 40.7 Å². The van der Waals surface area contributed by atoms with E-state index in [0.29, 0.717) is 5.76 Å². The molecule has 12 heteroatoms. The Labute approximate surface area is 313 Å². The van der Waals surface area contributed by atoms with Gasteiger partial charge in [0, 0.05) is 54.9 Å². The first-order chi connectivity index (χ1) is 25.5. The summed E-state index contributed by atoms with van der Waals surface area (Å²) in [6.45, 7) is 11.7. The Balaban J connectivity index is 0.000000125. The number of likely N-dealkylation sites (N-methyl/N-ethyl adjacent to an activating group) is 3. The van der Waals surface area contributed by atoms with Crippen LogP contribution < -0.4 is 14.7 Å². The molecule has 3 aliphatic heterocycles. The molecule has 12 nitrogen and oxygen atoms in total. The molecule has 54 heavy (non-hydrogen) atoms. The lowest BCUT2D eigenvalue weighted by molar-refractivity contribution is -0.122. The number of aromatic nitrogens is 4. The predicted octanol–water partition coefficient (Wildman–Crippen LogP) is 7.52. The van der Waals surface area contributed by atoms with Crippen molar-refractivity contribution in [2.75, 3.05) is 35.8 Å². The fraction of sp³-hybridized carbons (Fsp3) is 0.286. The summed E-state index contributed by atoms with van der Waals surface area (Å²) in [7, 11) is 5.44. The van der Waals surface area contributed by atoms with Gasteiger partial charge < -0.3 is 28.5 Å². The van der Waals surface area contributed by atoms with E-state index in [1.807, 2.05) is 110 Å². The maximum Gasteiger partial charge on any atom is 0.236 e. The zero-order valence-corrected chi connectivity index (χ0v) is 31.9. The van der Waals surface area contributed by atoms with E-state index in [-0.39, 0.29) is 17.7 Å². The van der Waals surface area contributed by atoms with Crippen LogP contribution in [0.2, 0.25) is 0 Å². The fourth-order valence-electron chi connectivity index (χ4n) is 7.55. The minimum atomic E-state index is -0.454. The monoisotopic (exact) mass is 725 g/mol. The Bertz CT molecular complexity index is 2110. The molecule has 0 saturated carbocycles. The summed E-state index contributed by atoms with van der Waals surface area (Å²) in [5.41, 5.74) is 9.41. The van der Waals surface area contributed by atoms with Crippen LogP contribution in [0.4, 0.5) is 17.1 Å². The van der Waals surface area contributed by atoms with E-state index >= 15 is 0 Å². The second-order valence-electron chi connectivity index (χ2n) is 15.4. The Morgan fingerprint density at radius 1 is 0.593 bits per heavy atom. The van der Waals surface area contributed by atoms with Gasteiger partial charge in [-0.25, -0.2) is 15.0 Å². The summed E-state index contributed by atoms with van der Waals surface area (Å²) in [4.78, 5) is 56.8. The van der Waals surface area contributed by atoms with Crippen molar-refractivity contribution in [1.82, 2.24) is 19.9 Å². The van der Waals surface area contributed by atoms with E-state index < -0.39 is 16.2 Å². The molecule has 0 fully saturated rings. The number of imidazole rings is 1. The number of nitrogens with one attached hydrogen (secondary N) is 1. The quantitative estimate of drug-likeness (QED) is 0.198. The molecule has 0 spiro atoms. The molecule has 0 unspecified atom stereocenters. The molecule has 0 radical (unpaired) electrons. The number of rotatable bonds is 3. The molecular weight excluding hydrogens is 683 g/mol. The van der Waals surface area contributed by atoms with Crippen LogP contribution >= 0.6 is 0 Å². The van der Waals surface area contributed by atoms with E-state index in [9.17, 15) is 14.4 Å². The molecule has 3 aromatic heterocycles. The van der Waals surface area contributed by atoms with Crippen molar-refractivity contribution in [2.24, 2.45) is 0 Å². The van der Waals surface area contributed by atoms with Gasteiger partial charge in [-0.05, 0) is 76.4 Å². The van der Waals surface area contributed by atoms with E-state index in [0.717, 1.165) is 61.8 Å². The van der Waals surface area contributed by atoms with Gasteiger partial charge in [0.25, 0.3) is 0 Å². The average Bonchev–Trinajstić information content (AvgIpc) is 4.03. The van der Waals surface area contributed by atoms with Crippen LogP contribution in [-0.2, 0) is 30.6 Å². The summed E-state index contributed by atoms with van der Waals surface area (Å²) in [6, 6.07) is 18.0. The number of amides is 3. The molecule has 1 N–H and O–H groups in total. The molecule has 3 amide bonds. The molecule has 0 aliphatic carbocycles. The van der Waals surface area contributed by atoms with Crippen molar-refractivity contribution in [3.05, 3.63) is 109 Å². The van der Waals surface area contributed by atoms with Gasteiger partial charge in [-0.2, -0.15) is 0 Å². The van der Waals surface area contributed by atoms with Gasteiger partial charge in [-0.1, -0.05) is 36.4 Å². The zero-order chi connectivity index (χ0) is 38.7. The highest BCUT2D eigenvalue weighted by Crippen LogP contribution is 2.44. The Morgan fingerprint density at radius 2 is 1.07 bits per heavy atom. The van der Waals surface area contributed by atoms with Gasteiger partial charge in [0.15, 0.2) is 18.5 Å². The number of H-pyrrole nitrogens is 1. The van der Waals surface area contributed by atoms with Crippen LogP contribution in [0.15, 0.2) is 101 Å². The molecule has 0 saturated heterocycles. The molecule has 276 valence electrons. The molecule has 3 aromatic carbocycles. The van der Waals surface area contributed by atoms with Crippen molar-refractivity contribution in [3.63, 3.8) is 0 Å². The smallest absolute Gasteiger partial charge is 0.236 e. The maximum absolute atomic E-state index is 12.2. The minimum Gasteiger partial charge on any atom is -0.451 e. The van der Waals surface area contributed by atoms with Crippen LogP contribution in [0.25, 0.3) is 33.8 Å². The second-order valence-corrected chi connectivity index (χ2v) is 15.4. The van der Waals surface area contributed by atoms with Crippen LogP contribution in [0.1, 0.15) is 58.2 Å². The molecule has 9 rings (SSSR count). The summed E-state index contributed by atoms with van der Waals surface area (Å²) >= 11 is 0. The van der Waals surface area contributed by atoms with E-state index in [1.165, 1.54) is 12.8 Å². The highest BCUT2D eigenvalue weighted by Gasteiger charge is 2.44. The second kappa shape index (κ2) is 13.0. The number of hydrogen-bond donors (Lipinski definition) is 1. The number of carbonyl (C=O) groups is 3. The van der Waals surface area contributed by atoms with Crippen LogP contribution in [-0.4, -0.2) is 58.8 Å². The van der Waals surface area contributed by atoms with E-state index in [1.54, 1.807) is 46.7 Å². The number of fused-ring (bicyclic) bond motifs is 3. The predicted molar refractivity (Wildman–Crippen MR) is 207 cm³/mol. The van der Waals surface area contributed by atoms with E-state index in [4.69, 9.17) is 8.83 Å². The number of hydrogen-bond acceptors (Lipinski definition) is 8. The lowest BCUT2D eigenvalue weighted by atomic mass is 9.86. The van der Waals surface area contributed by atoms with Crippen LogP contribution in [0.3, 0.4) is 0 Å². The number of anilines is 3. The van der Waals surface area contributed by atoms with Crippen molar-refractivity contribution in [3.8, 4) is 33.8 Å². The average molecular weight is 726 g/mol. The lowest BCUT2D eigenvalue weighted by Crippen LogP contribution is -2.33. The third-order valence-electron chi connectivity index (χ3n) is 10.9. The largest absolute Gasteiger partial charge is 0.451 e. The minimum absolute atomic E-state index is 0.118.